The van der Waals surface area contributed by atoms with Gasteiger partial charge in [0.25, 0.3) is 5.69 Å². The summed E-state index contributed by atoms with van der Waals surface area (Å²) in [6.07, 6.45) is 0.832. The molecule has 2 aromatic carbocycles. The molecule has 0 heterocycles. The minimum absolute atomic E-state index is 0.0497. The lowest BCUT2D eigenvalue weighted by atomic mass is 10.1. The van der Waals surface area contributed by atoms with Crippen molar-refractivity contribution in [3.8, 4) is 0 Å². The van der Waals surface area contributed by atoms with E-state index in [4.69, 9.17) is 23.2 Å². The van der Waals surface area contributed by atoms with Gasteiger partial charge >= 0.3 is 0 Å². The van der Waals surface area contributed by atoms with Gasteiger partial charge in [0, 0.05) is 42.2 Å². The molecular formula is C17H16Cl2N2O3. The van der Waals surface area contributed by atoms with Gasteiger partial charge in [-0.3, -0.25) is 14.9 Å². The maximum absolute atomic E-state index is 12.3. The summed E-state index contributed by atoms with van der Waals surface area (Å²) in [6.45, 7) is 0.210. The van der Waals surface area contributed by atoms with Gasteiger partial charge < -0.3 is 4.90 Å². The highest BCUT2D eigenvalue weighted by molar-refractivity contribution is 6.31. The molecule has 0 aromatic heterocycles. The Balaban J connectivity index is 2.00. The molecule has 1 amide bonds. The summed E-state index contributed by atoms with van der Waals surface area (Å²) in [5, 5.41) is 11.9. The van der Waals surface area contributed by atoms with Gasteiger partial charge in [0.2, 0.25) is 5.91 Å². The largest absolute Gasteiger partial charge is 0.341 e. The van der Waals surface area contributed by atoms with Gasteiger partial charge in [0.05, 0.1) is 4.92 Å². The second kappa shape index (κ2) is 8.13. The minimum atomic E-state index is -0.487. The average molecular weight is 367 g/mol. The Kier molecular flexibility index (Phi) is 6.17. The fourth-order valence-corrected chi connectivity index (χ4v) is 2.68. The molecule has 2 rings (SSSR count). The van der Waals surface area contributed by atoms with Gasteiger partial charge in [0.15, 0.2) is 0 Å². The number of nitro benzene ring substituents is 1. The average Bonchev–Trinajstić information content (AvgIpc) is 2.55. The molecule has 0 unspecified atom stereocenters. The van der Waals surface area contributed by atoms with E-state index < -0.39 is 4.92 Å². The Hall–Kier alpha value is -2.11. The SMILES string of the molecule is CN(Cc1cc([N+](=O)[O-])ccc1Cl)C(=O)CCc1ccccc1Cl. The van der Waals surface area contributed by atoms with Crippen LogP contribution in [0.15, 0.2) is 42.5 Å². The van der Waals surface area contributed by atoms with Crippen LogP contribution in [0.3, 0.4) is 0 Å². The number of nitro groups is 1. The highest BCUT2D eigenvalue weighted by Crippen LogP contribution is 2.23. The third kappa shape index (κ3) is 4.69. The molecular weight excluding hydrogens is 351 g/mol. The fourth-order valence-electron chi connectivity index (χ4n) is 2.27. The highest BCUT2D eigenvalue weighted by Gasteiger charge is 2.15. The van der Waals surface area contributed by atoms with E-state index in [2.05, 4.69) is 0 Å². The van der Waals surface area contributed by atoms with Crippen LogP contribution in [0, 0.1) is 10.1 Å². The van der Waals surface area contributed by atoms with Gasteiger partial charge in [-0.2, -0.15) is 0 Å². The lowest BCUT2D eigenvalue weighted by Crippen LogP contribution is -2.26. The third-order valence-electron chi connectivity index (χ3n) is 3.64. The number of hydrogen-bond acceptors (Lipinski definition) is 3. The molecule has 0 N–H and O–H groups in total. The number of halogens is 2. The molecule has 0 fully saturated rings. The first kappa shape index (κ1) is 18.2. The molecule has 2 aromatic rings. The first-order valence-corrected chi connectivity index (χ1v) is 8.04. The van der Waals surface area contributed by atoms with Crippen LogP contribution in [0.4, 0.5) is 5.69 Å². The van der Waals surface area contributed by atoms with Crippen molar-refractivity contribution in [2.24, 2.45) is 0 Å². The van der Waals surface area contributed by atoms with Crippen LogP contribution in [0.5, 0.6) is 0 Å². The Labute approximate surface area is 149 Å². The van der Waals surface area contributed by atoms with Crippen LogP contribution in [-0.4, -0.2) is 22.8 Å². The van der Waals surface area contributed by atoms with Crippen molar-refractivity contribution in [3.05, 3.63) is 73.8 Å². The molecule has 0 aliphatic heterocycles. The first-order chi connectivity index (χ1) is 11.4. The number of carbonyl (C=O) groups is 1. The molecule has 0 aliphatic rings. The third-order valence-corrected chi connectivity index (χ3v) is 4.38. The molecule has 126 valence electrons. The summed E-state index contributed by atoms with van der Waals surface area (Å²) in [7, 11) is 1.64. The summed E-state index contributed by atoms with van der Waals surface area (Å²) in [5.41, 5.74) is 1.40. The summed E-state index contributed by atoms with van der Waals surface area (Å²) in [5.74, 6) is -0.0857. The second-order valence-corrected chi connectivity index (χ2v) is 6.19. The molecule has 0 spiro atoms. The van der Waals surface area contributed by atoms with Gasteiger partial charge in [0.1, 0.15) is 0 Å². The normalized spacial score (nSPS) is 10.5. The standard InChI is InChI=1S/C17H16Cl2N2O3/c1-20(11-13-10-14(21(23)24)7-8-16(13)19)17(22)9-6-12-4-2-3-5-15(12)18/h2-5,7-8,10H,6,9,11H2,1H3. The number of rotatable bonds is 6. The zero-order chi connectivity index (χ0) is 17.7. The van der Waals surface area contributed by atoms with Gasteiger partial charge in [-0.25, -0.2) is 0 Å². The van der Waals surface area contributed by atoms with Crippen molar-refractivity contribution in [3.63, 3.8) is 0 Å². The first-order valence-electron chi connectivity index (χ1n) is 7.28. The zero-order valence-corrected chi connectivity index (χ0v) is 14.5. The predicted molar refractivity (Wildman–Crippen MR) is 94.4 cm³/mol. The van der Waals surface area contributed by atoms with Crippen LogP contribution < -0.4 is 0 Å². The lowest BCUT2D eigenvalue weighted by molar-refractivity contribution is -0.384. The number of hydrogen-bond donors (Lipinski definition) is 0. The maximum atomic E-state index is 12.3. The lowest BCUT2D eigenvalue weighted by Gasteiger charge is -2.18. The minimum Gasteiger partial charge on any atom is -0.341 e. The molecule has 5 nitrogen and oxygen atoms in total. The van der Waals surface area contributed by atoms with Crippen LogP contribution in [-0.2, 0) is 17.8 Å². The van der Waals surface area contributed by atoms with Crippen LogP contribution in [0.25, 0.3) is 0 Å². The Bertz CT molecular complexity index is 765. The van der Waals surface area contributed by atoms with Crippen LogP contribution >= 0.6 is 23.2 Å². The van der Waals surface area contributed by atoms with E-state index in [9.17, 15) is 14.9 Å². The topological polar surface area (TPSA) is 63.4 Å². The van der Waals surface area contributed by atoms with Crippen molar-refractivity contribution in [1.82, 2.24) is 4.90 Å². The fraction of sp³-hybridized carbons (Fsp3) is 0.235. The number of amides is 1. The van der Waals surface area contributed by atoms with Crippen molar-refractivity contribution >= 4 is 34.8 Å². The van der Waals surface area contributed by atoms with Crippen molar-refractivity contribution in [1.29, 1.82) is 0 Å². The summed E-state index contributed by atoms with van der Waals surface area (Å²) in [4.78, 5) is 24.1. The molecule has 0 atom stereocenters. The molecule has 0 saturated heterocycles. The number of benzene rings is 2. The Morgan fingerprint density at radius 2 is 1.79 bits per heavy atom. The number of non-ortho nitro benzene ring substituents is 1. The Morgan fingerprint density at radius 3 is 2.46 bits per heavy atom. The second-order valence-electron chi connectivity index (χ2n) is 5.37. The van der Waals surface area contributed by atoms with E-state index in [1.165, 1.54) is 23.1 Å². The summed E-state index contributed by atoms with van der Waals surface area (Å²) >= 11 is 12.1. The van der Waals surface area contributed by atoms with E-state index in [0.29, 0.717) is 28.5 Å². The molecule has 0 radical (unpaired) electrons. The van der Waals surface area contributed by atoms with Gasteiger partial charge in [-0.15, -0.1) is 0 Å². The monoisotopic (exact) mass is 366 g/mol. The predicted octanol–water partition coefficient (Wildman–Crippen LogP) is 4.49. The van der Waals surface area contributed by atoms with E-state index >= 15 is 0 Å². The highest BCUT2D eigenvalue weighted by atomic mass is 35.5. The van der Waals surface area contributed by atoms with Crippen LogP contribution in [0.2, 0.25) is 10.0 Å². The van der Waals surface area contributed by atoms with E-state index in [1.54, 1.807) is 13.1 Å². The van der Waals surface area contributed by atoms with E-state index in [-0.39, 0.29) is 18.1 Å². The van der Waals surface area contributed by atoms with Crippen molar-refractivity contribution in [2.45, 2.75) is 19.4 Å². The van der Waals surface area contributed by atoms with Crippen molar-refractivity contribution < 1.29 is 9.72 Å². The quantitative estimate of drug-likeness (QED) is 0.558. The molecule has 7 heteroatoms. The van der Waals surface area contributed by atoms with E-state index in [0.717, 1.165) is 5.56 Å². The molecule has 0 aliphatic carbocycles. The molecule has 24 heavy (non-hydrogen) atoms. The van der Waals surface area contributed by atoms with Gasteiger partial charge in [-0.1, -0.05) is 41.4 Å². The summed E-state index contributed by atoms with van der Waals surface area (Å²) < 4.78 is 0. The smallest absolute Gasteiger partial charge is 0.269 e. The molecule has 0 saturated carbocycles. The maximum Gasteiger partial charge on any atom is 0.269 e. The zero-order valence-electron chi connectivity index (χ0n) is 13.0. The summed E-state index contributed by atoms with van der Waals surface area (Å²) in [6, 6.07) is 11.6. The number of nitrogens with zero attached hydrogens (tertiary/aromatic N) is 2. The van der Waals surface area contributed by atoms with Gasteiger partial charge in [-0.05, 0) is 29.7 Å². The number of aryl methyl sites for hydroxylation is 1. The number of carbonyl (C=O) groups excluding carboxylic acids is 1. The van der Waals surface area contributed by atoms with Crippen molar-refractivity contribution in [2.75, 3.05) is 7.05 Å². The van der Waals surface area contributed by atoms with E-state index in [1.807, 2.05) is 18.2 Å². The Morgan fingerprint density at radius 1 is 1.12 bits per heavy atom. The van der Waals surface area contributed by atoms with Crippen LogP contribution in [0.1, 0.15) is 17.5 Å². The molecule has 0 bridgehead atoms.